The molecular formula is C13H17BrN4. The van der Waals surface area contributed by atoms with E-state index < -0.39 is 0 Å². The Morgan fingerprint density at radius 3 is 2.83 bits per heavy atom. The summed E-state index contributed by atoms with van der Waals surface area (Å²) in [7, 11) is 0. The van der Waals surface area contributed by atoms with Crippen molar-refractivity contribution in [2.75, 3.05) is 11.9 Å². The fourth-order valence-corrected chi connectivity index (χ4v) is 1.74. The van der Waals surface area contributed by atoms with Crippen molar-refractivity contribution in [3.8, 4) is 0 Å². The highest BCUT2D eigenvalue weighted by Gasteiger charge is 2.18. The molecule has 0 aliphatic heterocycles. The lowest BCUT2D eigenvalue weighted by Gasteiger charge is -2.13. The molecule has 0 saturated carbocycles. The van der Waals surface area contributed by atoms with E-state index in [0.29, 0.717) is 6.54 Å². The van der Waals surface area contributed by atoms with E-state index in [0.717, 1.165) is 21.5 Å². The standard InChI is InChI=1S/C13H17BrN4/c1-9(14)8-16-12-10-7-11(13(2,3)4)17-18(10)6-5-15-12/h5-7H,1,8H2,2-4H3,(H,15,16). The van der Waals surface area contributed by atoms with E-state index in [4.69, 9.17) is 0 Å². The van der Waals surface area contributed by atoms with E-state index in [-0.39, 0.29) is 5.41 Å². The molecule has 1 N–H and O–H groups in total. The molecule has 18 heavy (non-hydrogen) atoms. The van der Waals surface area contributed by atoms with Crippen molar-refractivity contribution in [2.24, 2.45) is 0 Å². The van der Waals surface area contributed by atoms with Gasteiger partial charge in [-0.25, -0.2) is 9.50 Å². The van der Waals surface area contributed by atoms with Crippen LogP contribution in [-0.4, -0.2) is 21.1 Å². The summed E-state index contributed by atoms with van der Waals surface area (Å²) in [5, 5.41) is 7.81. The Morgan fingerprint density at radius 1 is 1.50 bits per heavy atom. The van der Waals surface area contributed by atoms with Crippen molar-refractivity contribution in [3.05, 3.63) is 35.2 Å². The Balaban J connectivity index is 2.42. The minimum atomic E-state index is 0.0301. The van der Waals surface area contributed by atoms with Gasteiger partial charge in [-0.2, -0.15) is 5.10 Å². The van der Waals surface area contributed by atoms with Crippen molar-refractivity contribution >= 4 is 27.3 Å². The fourth-order valence-electron chi connectivity index (χ4n) is 1.60. The fraction of sp³-hybridized carbons (Fsp3) is 0.385. The van der Waals surface area contributed by atoms with Crippen LogP contribution in [0.5, 0.6) is 0 Å². The van der Waals surface area contributed by atoms with Gasteiger partial charge in [0, 0.05) is 28.8 Å². The van der Waals surface area contributed by atoms with Gasteiger partial charge in [0.2, 0.25) is 0 Å². The summed E-state index contributed by atoms with van der Waals surface area (Å²) in [5.41, 5.74) is 2.06. The average molecular weight is 309 g/mol. The van der Waals surface area contributed by atoms with Crippen molar-refractivity contribution in [1.82, 2.24) is 14.6 Å². The van der Waals surface area contributed by atoms with Crippen LogP contribution >= 0.6 is 15.9 Å². The summed E-state index contributed by atoms with van der Waals surface area (Å²) in [6, 6.07) is 2.08. The first-order chi connectivity index (χ1) is 8.38. The third-order valence-electron chi connectivity index (χ3n) is 2.61. The predicted octanol–water partition coefficient (Wildman–Crippen LogP) is 3.35. The molecule has 0 fully saturated rings. The summed E-state index contributed by atoms with van der Waals surface area (Å²) in [5.74, 6) is 0.820. The molecule has 2 heterocycles. The zero-order valence-electron chi connectivity index (χ0n) is 10.9. The molecule has 0 aliphatic rings. The van der Waals surface area contributed by atoms with Crippen LogP contribution in [0.1, 0.15) is 26.5 Å². The molecule has 0 aliphatic carbocycles. The topological polar surface area (TPSA) is 42.2 Å². The number of halogens is 1. The molecule has 0 saturated heterocycles. The van der Waals surface area contributed by atoms with Crippen LogP contribution in [0.25, 0.3) is 5.52 Å². The van der Waals surface area contributed by atoms with Gasteiger partial charge in [0.15, 0.2) is 5.82 Å². The van der Waals surface area contributed by atoms with Crippen LogP contribution in [0.15, 0.2) is 29.5 Å². The Hall–Kier alpha value is -1.36. The number of hydrogen-bond donors (Lipinski definition) is 1. The molecular weight excluding hydrogens is 292 g/mol. The van der Waals surface area contributed by atoms with Gasteiger partial charge >= 0.3 is 0 Å². The van der Waals surface area contributed by atoms with Crippen LogP contribution in [0.3, 0.4) is 0 Å². The third-order valence-corrected chi connectivity index (χ3v) is 2.89. The average Bonchev–Trinajstić information content (AvgIpc) is 2.69. The van der Waals surface area contributed by atoms with Gasteiger partial charge in [-0.05, 0) is 6.07 Å². The van der Waals surface area contributed by atoms with Crippen LogP contribution in [-0.2, 0) is 5.41 Å². The monoisotopic (exact) mass is 308 g/mol. The lowest BCUT2D eigenvalue weighted by molar-refractivity contribution is 0.562. The maximum Gasteiger partial charge on any atom is 0.152 e. The lowest BCUT2D eigenvalue weighted by Crippen LogP contribution is -2.11. The van der Waals surface area contributed by atoms with Gasteiger partial charge in [0.05, 0.1) is 5.69 Å². The Kier molecular flexibility index (Phi) is 3.43. The number of nitrogens with zero attached hydrogens (tertiary/aromatic N) is 3. The third kappa shape index (κ3) is 2.72. The highest BCUT2D eigenvalue weighted by Crippen LogP contribution is 2.24. The Labute approximate surface area is 115 Å². The quantitative estimate of drug-likeness (QED) is 0.945. The molecule has 2 aromatic heterocycles. The van der Waals surface area contributed by atoms with E-state index in [1.165, 1.54) is 0 Å². The molecule has 0 amide bonds. The number of hydrogen-bond acceptors (Lipinski definition) is 3. The molecule has 0 radical (unpaired) electrons. The van der Waals surface area contributed by atoms with E-state index >= 15 is 0 Å². The van der Waals surface area contributed by atoms with Gasteiger partial charge in [-0.3, -0.25) is 0 Å². The second-order valence-electron chi connectivity index (χ2n) is 5.26. The van der Waals surface area contributed by atoms with Crippen LogP contribution < -0.4 is 5.32 Å². The van der Waals surface area contributed by atoms with Gasteiger partial charge in [-0.15, -0.1) is 0 Å². The van der Waals surface area contributed by atoms with E-state index in [2.05, 4.69) is 64.7 Å². The molecule has 0 aromatic carbocycles. The van der Waals surface area contributed by atoms with E-state index in [9.17, 15) is 0 Å². The molecule has 0 bridgehead atoms. The summed E-state index contributed by atoms with van der Waals surface area (Å²) >= 11 is 3.33. The van der Waals surface area contributed by atoms with E-state index in [1.54, 1.807) is 6.20 Å². The zero-order chi connectivity index (χ0) is 13.3. The molecule has 0 atom stereocenters. The lowest BCUT2D eigenvalue weighted by atomic mass is 9.92. The number of aromatic nitrogens is 3. The first-order valence-corrected chi connectivity index (χ1v) is 6.59. The Morgan fingerprint density at radius 2 is 2.22 bits per heavy atom. The first-order valence-electron chi connectivity index (χ1n) is 5.80. The number of anilines is 1. The van der Waals surface area contributed by atoms with Gasteiger partial charge in [0.25, 0.3) is 0 Å². The summed E-state index contributed by atoms with van der Waals surface area (Å²) in [6.07, 6.45) is 3.60. The number of nitrogens with one attached hydrogen (secondary N) is 1. The number of fused-ring (bicyclic) bond motifs is 1. The maximum atomic E-state index is 4.57. The van der Waals surface area contributed by atoms with Gasteiger partial charge in [0.1, 0.15) is 5.52 Å². The van der Waals surface area contributed by atoms with Crippen molar-refractivity contribution in [2.45, 2.75) is 26.2 Å². The maximum absolute atomic E-state index is 4.57. The largest absolute Gasteiger partial charge is 0.364 e. The zero-order valence-corrected chi connectivity index (χ0v) is 12.5. The molecule has 4 nitrogen and oxygen atoms in total. The highest BCUT2D eigenvalue weighted by molar-refractivity contribution is 9.11. The summed E-state index contributed by atoms with van der Waals surface area (Å²) < 4.78 is 2.74. The first kappa shape index (κ1) is 13.1. The molecule has 96 valence electrons. The normalized spacial score (nSPS) is 11.8. The number of rotatable bonds is 3. The minimum absolute atomic E-state index is 0.0301. The minimum Gasteiger partial charge on any atom is -0.364 e. The SMILES string of the molecule is C=C(Br)CNc1nccn2nc(C(C)(C)C)cc12. The summed E-state index contributed by atoms with van der Waals surface area (Å²) in [4.78, 5) is 4.34. The molecule has 0 unspecified atom stereocenters. The van der Waals surface area contributed by atoms with Crippen LogP contribution in [0, 0.1) is 0 Å². The Bertz CT molecular complexity index is 580. The smallest absolute Gasteiger partial charge is 0.152 e. The molecule has 2 rings (SSSR count). The molecule has 5 heteroatoms. The van der Waals surface area contributed by atoms with Gasteiger partial charge < -0.3 is 5.32 Å². The van der Waals surface area contributed by atoms with Gasteiger partial charge in [-0.1, -0.05) is 43.3 Å². The van der Waals surface area contributed by atoms with Crippen molar-refractivity contribution in [1.29, 1.82) is 0 Å². The van der Waals surface area contributed by atoms with Crippen molar-refractivity contribution < 1.29 is 0 Å². The highest BCUT2D eigenvalue weighted by atomic mass is 79.9. The van der Waals surface area contributed by atoms with Crippen molar-refractivity contribution in [3.63, 3.8) is 0 Å². The van der Waals surface area contributed by atoms with E-state index in [1.807, 2.05) is 10.7 Å². The molecule has 2 aromatic rings. The van der Waals surface area contributed by atoms with Crippen LogP contribution in [0.4, 0.5) is 5.82 Å². The molecule has 0 spiro atoms. The second kappa shape index (κ2) is 4.72. The van der Waals surface area contributed by atoms with Crippen LogP contribution in [0.2, 0.25) is 0 Å². The second-order valence-corrected chi connectivity index (χ2v) is 6.38. The summed E-state index contributed by atoms with van der Waals surface area (Å²) in [6.45, 7) is 10.9. The predicted molar refractivity (Wildman–Crippen MR) is 78.2 cm³/mol.